The van der Waals surface area contributed by atoms with Crippen molar-refractivity contribution in [3.05, 3.63) is 65.2 Å². The Kier molecular flexibility index (Phi) is 5.17. The van der Waals surface area contributed by atoms with Gasteiger partial charge in [-0.15, -0.1) is 0 Å². The normalized spacial score (nSPS) is 13.5. The molecule has 0 bridgehead atoms. The number of methoxy groups -OCH3 is 1. The lowest BCUT2D eigenvalue weighted by Gasteiger charge is -2.15. The molecule has 0 radical (unpaired) electrons. The standard InChI is InChI=1S/C19H18N2O5/c1-25-15-7-4-5-13(9-15)12-26-18(23)16-8-3-2-6-14(16)11-21-17(22)10-20-19(21)24/h2-9H,10-12H2,1H3,(H,20,24). The first-order valence-electron chi connectivity index (χ1n) is 8.04. The van der Waals surface area contributed by atoms with Gasteiger partial charge in [0.05, 0.1) is 25.8 Å². The van der Waals surface area contributed by atoms with Gasteiger partial charge in [0, 0.05) is 0 Å². The number of nitrogens with zero attached hydrogens (tertiary/aromatic N) is 1. The molecule has 1 aliphatic rings. The molecule has 1 aliphatic heterocycles. The minimum absolute atomic E-state index is 0.0229. The van der Waals surface area contributed by atoms with Gasteiger partial charge >= 0.3 is 12.0 Å². The maximum absolute atomic E-state index is 12.5. The van der Waals surface area contributed by atoms with Crippen LogP contribution in [0.15, 0.2) is 48.5 Å². The van der Waals surface area contributed by atoms with Crippen molar-refractivity contribution in [2.45, 2.75) is 13.2 Å². The third-order valence-corrected chi connectivity index (χ3v) is 4.01. The van der Waals surface area contributed by atoms with E-state index in [1.54, 1.807) is 43.5 Å². The fraction of sp³-hybridized carbons (Fsp3) is 0.211. The highest BCUT2D eigenvalue weighted by molar-refractivity contribution is 6.02. The van der Waals surface area contributed by atoms with E-state index in [1.165, 1.54) is 0 Å². The summed E-state index contributed by atoms with van der Waals surface area (Å²) >= 11 is 0. The Hall–Kier alpha value is -3.35. The smallest absolute Gasteiger partial charge is 0.338 e. The van der Waals surface area contributed by atoms with Gasteiger partial charge in [-0.25, -0.2) is 9.59 Å². The zero-order valence-electron chi connectivity index (χ0n) is 14.2. The van der Waals surface area contributed by atoms with Crippen LogP contribution in [-0.2, 0) is 22.7 Å². The fourth-order valence-electron chi connectivity index (χ4n) is 2.63. The number of benzene rings is 2. The van der Waals surface area contributed by atoms with Crippen molar-refractivity contribution in [2.24, 2.45) is 0 Å². The second kappa shape index (κ2) is 7.69. The van der Waals surface area contributed by atoms with Crippen molar-refractivity contribution >= 4 is 17.9 Å². The number of carbonyl (C=O) groups is 3. The van der Waals surface area contributed by atoms with Crippen LogP contribution in [0.3, 0.4) is 0 Å². The van der Waals surface area contributed by atoms with Gasteiger partial charge in [-0.2, -0.15) is 0 Å². The number of amides is 3. The van der Waals surface area contributed by atoms with Crippen LogP contribution < -0.4 is 10.1 Å². The van der Waals surface area contributed by atoms with Gasteiger partial charge in [-0.3, -0.25) is 9.69 Å². The predicted octanol–water partition coefficient (Wildman–Crippen LogP) is 2.10. The van der Waals surface area contributed by atoms with Gasteiger partial charge in [0.2, 0.25) is 5.91 Å². The molecule has 2 aromatic rings. The van der Waals surface area contributed by atoms with Crippen LogP contribution in [-0.4, -0.2) is 36.5 Å². The Morgan fingerprint density at radius 3 is 2.69 bits per heavy atom. The highest BCUT2D eigenvalue weighted by atomic mass is 16.5. The summed E-state index contributed by atoms with van der Waals surface area (Å²) in [7, 11) is 1.57. The minimum Gasteiger partial charge on any atom is -0.497 e. The third-order valence-electron chi connectivity index (χ3n) is 4.01. The van der Waals surface area contributed by atoms with Crippen LogP contribution in [0.1, 0.15) is 21.5 Å². The summed E-state index contributed by atoms with van der Waals surface area (Å²) in [4.78, 5) is 37.0. The van der Waals surface area contributed by atoms with E-state index >= 15 is 0 Å². The second-order valence-electron chi connectivity index (χ2n) is 5.72. The number of ether oxygens (including phenoxy) is 2. The van der Waals surface area contributed by atoms with Crippen LogP contribution in [0.25, 0.3) is 0 Å². The molecular formula is C19H18N2O5. The van der Waals surface area contributed by atoms with Crippen LogP contribution in [0.4, 0.5) is 4.79 Å². The first-order valence-corrected chi connectivity index (χ1v) is 8.04. The monoisotopic (exact) mass is 354 g/mol. The highest BCUT2D eigenvalue weighted by Gasteiger charge is 2.29. The maximum atomic E-state index is 12.5. The van der Waals surface area contributed by atoms with Crippen molar-refractivity contribution in [3.8, 4) is 5.75 Å². The van der Waals surface area contributed by atoms with Gasteiger partial charge in [0.15, 0.2) is 0 Å². The summed E-state index contributed by atoms with van der Waals surface area (Å²) in [6.45, 7) is 0.0872. The molecule has 1 fully saturated rings. The molecule has 2 aromatic carbocycles. The maximum Gasteiger partial charge on any atom is 0.338 e. The van der Waals surface area contributed by atoms with E-state index in [0.29, 0.717) is 16.9 Å². The molecule has 134 valence electrons. The Labute approximate surface area is 150 Å². The zero-order chi connectivity index (χ0) is 18.5. The number of carbonyl (C=O) groups excluding carboxylic acids is 3. The second-order valence-corrected chi connectivity index (χ2v) is 5.72. The van der Waals surface area contributed by atoms with E-state index in [9.17, 15) is 14.4 Å². The van der Waals surface area contributed by atoms with Crippen molar-refractivity contribution < 1.29 is 23.9 Å². The summed E-state index contributed by atoms with van der Waals surface area (Å²) in [5, 5.41) is 2.46. The molecule has 0 aliphatic carbocycles. The molecule has 7 heteroatoms. The van der Waals surface area contributed by atoms with Crippen molar-refractivity contribution in [2.75, 3.05) is 13.7 Å². The van der Waals surface area contributed by atoms with Crippen LogP contribution in [0.2, 0.25) is 0 Å². The average Bonchev–Trinajstić information content (AvgIpc) is 2.98. The molecule has 1 N–H and O–H groups in total. The topological polar surface area (TPSA) is 84.9 Å². The number of hydrogen-bond acceptors (Lipinski definition) is 5. The molecule has 0 unspecified atom stereocenters. The molecule has 3 rings (SSSR count). The van der Waals surface area contributed by atoms with Crippen LogP contribution >= 0.6 is 0 Å². The summed E-state index contributed by atoms with van der Waals surface area (Å²) in [5.41, 5.74) is 1.67. The van der Waals surface area contributed by atoms with E-state index in [0.717, 1.165) is 10.5 Å². The minimum atomic E-state index is -0.518. The Morgan fingerprint density at radius 2 is 1.96 bits per heavy atom. The van der Waals surface area contributed by atoms with E-state index in [4.69, 9.17) is 9.47 Å². The number of hydrogen-bond donors (Lipinski definition) is 1. The summed E-state index contributed by atoms with van der Waals surface area (Å²) < 4.78 is 10.5. The molecule has 0 atom stereocenters. The number of urea groups is 1. The summed E-state index contributed by atoms with van der Waals surface area (Å²) in [6, 6.07) is 13.5. The molecular weight excluding hydrogens is 336 g/mol. The Bertz CT molecular complexity index is 833. The molecule has 7 nitrogen and oxygen atoms in total. The van der Waals surface area contributed by atoms with E-state index in [-0.39, 0.29) is 25.6 Å². The predicted molar refractivity (Wildman–Crippen MR) is 92.5 cm³/mol. The number of esters is 1. The molecule has 3 amide bonds. The van der Waals surface area contributed by atoms with Crippen molar-refractivity contribution in [3.63, 3.8) is 0 Å². The SMILES string of the molecule is COc1cccc(COC(=O)c2ccccc2CN2C(=O)CNC2=O)c1. The largest absolute Gasteiger partial charge is 0.497 e. The Balaban J connectivity index is 1.71. The van der Waals surface area contributed by atoms with Crippen LogP contribution in [0, 0.1) is 0 Å². The van der Waals surface area contributed by atoms with Gasteiger partial charge in [0.25, 0.3) is 0 Å². The third kappa shape index (κ3) is 3.83. The first kappa shape index (κ1) is 17.5. The van der Waals surface area contributed by atoms with E-state index < -0.39 is 12.0 Å². The average molecular weight is 354 g/mol. The molecule has 26 heavy (non-hydrogen) atoms. The summed E-state index contributed by atoms with van der Waals surface area (Å²) in [6.07, 6.45) is 0. The van der Waals surface area contributed by atoms with Gasteiger partial charge < -0.3 is 14.8 Å². The molecule has 0 saturated carbocycles. The first-order chi connectivity index (χ1) is 12.6. The molecule has 0 spiro atoms. The molecule has 0 aromatic heterocycles. The Morgan fingerprint density at radius 1 is 1.15 bits per heavy atom. The highest BCUT2D eigenvalue weighted by Crippen LogP contribution is 2.17. The van der Waals surface area contributed by atoms with E-state index in [1.807, 2.05) is 12.1 Å². The molecule has 1 saturated heterocycles. The molecule has 1 heterocycles. The lowest BCUT2D eigenvalue weighted by molar-refractivity contribution is -0.125. The van der Waals surface area contributed by atoms with Crippen molar-refractivity contribution in [1.82, 2.24) is 10.2 Å². The lowest BCUT2D eigenvalue weighted by Crippen LogP contribution is -2.31. The quantitative estimate of drug-likeness (QED) is 0.634. The van der Waals surface area contributed by atoms with Gasteiger partial charge in [-0.05, 0) is 29.3 Å². The zero-order valence-corrected chi connectivity index (χ0v) is 14.2. The van der Waals surface area contributed by atoms with E-state index in [2.05, 4.69) is 5.32 Å². The summed E-state index contributed by atoms with van der Waals surface area (Å²) in [5.74, 6) is -0.164. The van der Waals surface area contributed by atoms with Crippen LogP contribution in [0.5, 0.6) is 5.75 Å². The fourth-order valence-corrected chi connectivity index (χ4v) is 2.63. The lowest BCUT2D eigenvalue weighted by atomic mass is 10.1. The number of nitrogens with one attached hydrogen (secondary N) is 1. The van der Waals surface area contributed by atoms with Crippen molar-refractivity contribution in [1.29, 1.82) is 0 Å². The van der Waals surface area contributed by atoms with Gasteiger partial charge in [0.1, 0.15) is 12.4 Å². The number of imide groups is 1. The number of rotatable bonds is 6. The van der Waals surface area contributed by atoms with Gasteiger partial charge in [-0.1, -0.05) is 30.3 Å².